The van der Waals surface area contributed by atoms with Gasteiger partial charge in [-0.1, -0.05) is 6.92 Å². The molecular weight excluding hydrogens is 296 g/mol. The zero-order valence-electron chi connectivity index (χ0n) is 12.5. The van der Waals surface area contributed by atoms with Crippen LogP contribution in [0.5, 0.6) is 0 Å². The van der Waals surface area contributed by atoms with E-state index in [1.807, 2.05) is 27.7 Å². The summed E-state index contributed by atoms with van der Waals surface area (Å²) in [5, 5.41) is 9.31. The van der Waals surface area contributed by atoms with Crippen LogP contribution in [0.4, 0.5) is 0 Å². The molecule has 116 valence electrons. The molecule has 0 fully saturated rings. The summed E-state index contributed by atoms with van der Waals surface area (Å²) in [6, 6.07) is 1.52. The first-order valence-corrected chi connectivity index (χ1v) is 9.37. The van der Waals surface area contributed by atoms with E-state index in [0.29, 0.717) is 5.69 Å². The minimum absolute atomic E-state index is 0.106. The normalized spacial score (nSPS) is 13.9. The van der Waals surface area contributed by atoms with E-state index in [-0.39, 0.29) is 23.6 Å². The van der Waals surface area contributed by atoms with Gasteiger partial charge in [0.15, 0.2) is 0 Å². The van der Waals surface area contributed by atoms with Gasteiger partial charge >= 0.3 is 0 Å². The number of nitrogens with one attached hydrogen (secondary N) is 1. The molecule has 0 aliphatic heterocycles. The molecule has 1 aromatic heterocycles. The van der Waals surface area contributed by atoms with Crippen molar-refractivity contribution in [3.05, 3.63) is 18.0 Å². The van der Waals surface area contributed by atoms with E-state index in [0.717, 1.165) is 11.5 Å². The van der Waals surface area contributed by atoms with Crippen LogP contribution in [0.15, 0.2) is 17.2 Å². The van der Waals surface area contributed by atoms with E-state index in [9.17, 15) is 13.5 Å². The van der Waals surface area contributed by atoms with Gasteiger partial charge in [-0.3, -0.25) is 0 Å². The third-order valence-corrected chi connectivity index (χ3v) is 5.56. The highest BCUT2D eigenvalue weighted by Gasteiger charge is 2.21. The van der Waals surface area contributed by atoms with Gasteiger partial charge < -0.3 is 9.67 Å². The van der Waals surface area contributed by atoms with Gasteiger partial charge in [-0.2, -0.15) is 11.8 Å². The van der Waals surface area contributed by atoms with Crippen LogP contribution in [0, 0.1) is 0 Å². The van der Waals surface area contributed by atoms with E-state index in [1.54, 1.807) is 22.5 Å². The lowest BCUT2D eigenvalue weighted by Crippen LogP contribution is -2.34. The molecule has 0 bridgehead atoms. The fraction of sp³-hybridized carbons (Fsp3) is 0.692. The van der Waals surface area contributed by atoms with Crippen molar-refractivity contribution >= 4 is 21.8 Å². The zero-order chi connectivity index (χ0) is 15.3. The van der Waals surface area contributed by atoms with Crippen LogP contribution < -0.4 is 4.72 Å². The Kier molecular flexibility index (Phi) is 6.57. The third kappa shape index (κ3) is 4.51. The van der Waals surface area contributed by atoms with Crippen molar-refractivity contribution in [2.45, 2.75) is 51.3 Å². The van der Waals surface area contributed by atoms with Crippen molar-refractivity contribution in [1.82, 2.24) is 9.29 Å². The van der Waals surface area contributed by atoms with Gasteiger partial charge in [0.05, 0.1) is 11.5 Å². The second-order valence-electron chi connectivity index (χ2n) is 5.01. The fourth-order valence-electron chi connectivity index (χ4n) is 1.91. The van der Waals surface area contributed by atoms with E-state index in [2.05, 4.69) is 4.72 Å². The maximum Gasteiger partial charge on any atom is 0.242 e. The largest absolute Gasteiger partial charge is 0.390 e. The Morgan fingerprint density at radius 2 is 2.05 bits per heavy atom. The van der Waals surface area contributed by atoms with Crippen molar-refractivity contribution in [2.24, 2.45) is 0 Å². The van der Waals surface area contributed by atoms with Crippen LogP contribution in [-0.4, -0.2) is 35.6 Å². The first-order chi connectivity index (χ1) is 9.31. The Bertz CT molecular complexity index is 524. The molecule has 0 aromatic carbocycles. The second-order valence-corrected chi connectivity index (χ2v) is 8.04. The number of rotatable bonds is 8. The number of thioether (sulfide) groups is 1. The van der Waals surface area contributed by atoms with E-state index >= 15 is 0 Å². The molecule has 0 radical (unpaired) electrons. The molecule has 7 heteroatoms. The average molecular weight is 320 g/mol. The molecule has 1 aromatic rings. The maximum atomic E-state index is 12.3. The summed E-state index contributed by atoms with van der Waals surface area (Å²) >= 11 is 1.70. The Balaban J connectivity index is 2.92. The number of hydrogen-bond donors (Lipinski definition) is 2. The lowest BCUT2D eigenvalue weighted by Gasteiger charge is -2.13. The molecule has 1 atom stereocenters. The molecule has 20 heavy (non-hydrogen) atoms. The van der Waals surface area contributed by atoms with Crippen LogP contribution in [-0.2, 0) is 16.6 Å². The van der Waals surface area contributed by atoms with Gasteiger partial charge in [0.1, 0.15) is 0 Å². The van der Waals surface area contributed by atoms with Crippen LogP contribution in [0.1, 0.15) is 39.4 Å². The van der Waals surface area contributed by atoms with E-state index in [4.69, 9.17) is 0 Å². The summed E-state index contributed by atoms with van der Waals surface area (Å²) in [4.78, 5) is 0.212. The summed E-state index contributed by atoms with van der Waals surface area (Å²) in [6.07, 6.45) is 1.58. The zero-order valence-corrected chi connectivity index (χ0v) is 14.1. The highest BCUT2D eigenvalue weighted by molar-refractivity contribution is 7.99. The molecule has 0 amide bonds. The van der Waals surface area contributed by atoms with Crippen molar-refractivity contribution in [3.63, 3.8) is 0 Å². The molecular formula is C13H24N2O3S2. The summed E-state index contributed by atoms with van der Waals surface area (Å²) in [6.45, 7) is 7.62. The quantitative estimate of drug-likeness (QED) is 0.768. The number of nitrogens with zero attached hydrogens (tertiary/aromatic N) is 1. The van der Waals surface area contributed by atoms with Gasteiger partial charge in [0, 0.05) is 29.7 Å². The van der Waals surface area contributed by atoms with Crippen molar-refractivity contribution in [1.29, 1.82) is 0 Å². The number of aliphatic hydroxyl groups excluding tert-OH is 1. The molecule has 0 saturated heterocycles. The molecule has 2 N–H and O–H groups in total. The van der Waals surface area contributed by atoms with Gasteiger partial charge in [0.25, 0.3) is 0 Å². The van der Waals surface area contributed by atoms with Crippen LogP contribution in [0.2, 0.25) is 0 Å². The van der Waals surface area contributed by atoms with Crippen molar-refractivity contribution < 1.29 is 13.5 Å². The van der Waals surface area contributed by atoms with Crippen LogP contribution in [0.3, 0.4) is 0 Å². The molecule has 0 saturated carbocycles. The summed E-state index contributed by atoms with van der Waals surface area (Å²) in [5.41, 5.74) is 0.607. The monoisotopic (exact) mass is 320 g/mol. The van der Waals surface area contributed by atoms with Gasteiger partial charge in [-0.25, -0.2) is 13.1 Å². The predicted molar refractivity (Wildman–Crippen MR) is 83.5 cm³/mol. The summed E-state index contributed by atoms with van der Waals surface area (Å²) in [7, 11) is -3.53. The minimum Gasteiger partial charge on any atom is -0.390 e. The number of aromatic nitrogens is 1. The number of hydrogen-bond acceptors (Lipinski definition) is 4. The Labute approximate surface area is 125 Å². The summed E-state index contributed by atoms with van der Waals surface area (Å²) < 4.78 is 29.0. The topological polar surface area (TPSA) is 71.3 Å². The first kappa shape index (κ1) is 17.6. The predicted octanol–water partition coefficient (Wildman–Crippen LogP) is 1.98. The standard InChI is InChI=1S/C13H24N2O3S2/c1-5-19-9-11(4)14-20(17,18)13-6-12(8-16)15(7-13)10(2)3/h6-7,10-11,14,16H,5,8-9H2,1-4H3. The van der Waals surface area contributed by atoms with Crippen LogP contribution in [0.25, 0.3) is 0 Å². The van der Waals surface area contributed by atoms with Crippen molar-refractivity contribution in [2.75, 3.05) is 11.5 Å². The van der Waals surface area contributed by atoms with E-state index in [1.165, 1.54) is 6.07 Å². The molecule has 1 rings (SSSR count). The van der Waals surface area contributed by atoms with Gasteiger partial charge in [-0.05, 0) is 32.6 Å². The molecule has 1 unspecified atom stereocenters. The van der Waals surface area contributed by atoms with Gasteiger partial charge in [-0.15, -0.1) is 0 Å². The highest BCUT2D eigenvalue weighted by atomic mass is 32.2. The molecule has 5 nitrogen and oxygen atoms in total. The Morgan fingerprint density at radius 1 is 1.40 bits per heavy atom. The highest BCUT2D eigenvalue weighted by Crippen LogP contribution is 2.19. The van der Waals surface area contributed by atoms with Gasteiger partial charge in [0.2, 0.25) is 10.0 Å². The SMILES string of the molecule is CCSCC(C)NS(=O)(=O)c1cc(CO)n(C(C)C)c1. The maximum absolute atomic E-state index is 12.3. The number of aliphatic hydroxyl groups is 1. The third-order valence-electron chi connectivity index (χ3n) is 2.86. The Morgan fingerprint density at radius 3 is 2.50 bits per heavy atom. The lowest BCUT2D eigenvalue weighted by atomic mass is 10.3. The molecule has 0 aliphatic rings. The molecule has 0 spiro atoms. The van der Waals surface area contributed by atoms with Crippen LogP contribution >= 0.6 is 11.8 Å². The first-order valence-electron chi connectivity index (χ1n) is 6.73. The average Bonchev–Trinajstić information content (AvgIpc) is 2.80. The fourth-order valence-corrected chi connectivity index (χ4v) is 3.98. The van der Waals surface area contributed by atoms with E-state index < -0.39 is 10.0 Å². The lowest BCUT2D eigenvalue weighted by molar-refractivity contribution is 0.268. The smallest absolute Gasteiger partial charge is 0.242 e. The second kappa shape index (κ2) is 7.49. The molecule has 1 heterocycles. The number of sulfonamides is 1. The summed E-state index contributed by atoms with van der Waals surface area (Å²) in [5.74, 6) is 1.71. The Hall–Kier alpha value is -0.500. The molecule has 0 aliphatic carbocycles. The van der Waals surface area contributed by atoms with Crippen molar-refractivity contribution in [3.8, 4) is 0 Å². The minimum atomic E-state index is -3.53.